The summed E-state index contributed by atoms with van der Waals surface area (Å²) in [6, 6.07) is 111. The van der Waals surface area contributed by atoms with E-state index in [0.29, 0.717) is 0 Å². The highest BCUT2D eigenvalue weighted by Crippen LogP contribution is 2.42. The Labute approximate surface area is 465 Å². The van der Waals surface area contributed by atoms with E-state index >= 15 is 0 Å². The van der Waals surface area contributed by atoms with E-state index in [1.54, 1.807) is 0 Å². The quantitative estimate of drug-likeness (QED) is 0.101. The molecule has 0 aliphatic carbocycles. The minimum Gasteiger partial charge on any atom is -0.311 e. The van der Waals surface area contributed by atoms with Gasteiger partial charge in [-0.25, -0.2) is 0 Å². The van der Waals surface area contributed by atoms with Gasteiger partial charge in [-0.2, -0.15) is 0 Å². The summed E-state index contributed by atoms with van der Waals surface area (Å²) in [4.78, 5) is 9.29. The zero-order chi connectivity index (χ0) is 53.5. The zero-order valence-corrected chi connectivity index (χ0v) is 44.7. The molecule has 0 saturated carbocycles. The molecule has 0 amide bonds. The number of hydrogen-bond acceptors (Lipinski definition) is 4. The summed E-state index contributed by atoms with van der Waals surface area (Å²) in [6.45, 7) is 6.43. The molecule has 0 aliphatic heterocycles. The average Bonchev–Trinajstić information content (AvgIpc) is 3.55. The molecule has 4 nitrogen and oxygen atoms in total. The van der Waals surface area contributed by atoms with E-state index in [2.05, 4.69) is 350 Å². The van der Waals surface area contributed by atoms with E-state index in [0.717, 1.165) is 96.1 Å². The van der Waals surface area contributed by atoms with Crippen LogP contribution in [0, 0.1) is 20.8 Å². The Balaban J connectivity index is 0.773. The lowest BCUT2D eigenvalue weighted by molar-refractivity contribution is 1.26. The van der Waals surface area contributed by atoms with Crippen molar-refractivity contribution in [3.05, 3.63) is 326 Å². The number of para-hydroxylation sites is 3. The molecule has 0 atom stereocenters. The molecule has 0 aliphatic rings. The molecule has 0 radical (unpaired) electrons. The number of hydrogen-bond donors (Lipinski definition) is 0. The topological polar surface area (TPSA) is 13.0 Å². The first kappa shape index (κ1) is 49.7. The van der Waals surface area contributed by atoms with Crippen molar-refractivity contribution in [3.63, 3.8) is 0 Å². The second-order valence-corrected chi connectivity index (χ2v) is 20.1. The van der Waals surface area contributed by atoms with Crippen LogP contribution in [-0.2, 0) is 0 Å². The lowest BCUT2D eigenvalue weighted by Gasteiger charge is -2.27. The highest BCUT2D eigenvalue weighted by Gasteiger charge is 2.18. The molecule has 0 N–H and O–H groups in total. The minimum atomic E-state index is 1.09. The molecule has 380 valence electrons. The number of aryl methyl sites for hydroxylation is 3. The maximum absolute atomic E-state index is 2.33. The van der Waals surface area contributed by atoms with Gasteiger partial charge >= 0.3 is 0 Å². The molecule has 0 aromatic heterocycles. The van der Waals surface area contributed by atoms with Gasteiger partial charge < -0.3 is 19.6 Å². The molecule has 79 heavy (non-hydrogen) atoms. The third kappa shape index (κ3) is 11.0. The van der Waals surface area contributed by atoms with Gasteiger partial charge in [0.2, 0.25) is 0 Å². The molecular weight excluding hydrogens is 957 g/mol. The molecule has 0 fully saturated rings. The average molecular weight is 1020 g/mol. The number of nitrogens with zero attached hydrogens (tertiary/aromatic N) is 4. The Hall–Kier alpha value is -10.2. The molecule has 0 unspecified atom stereocenters. The SMILES string of the molecule is Cc1cccc(N(c2ccccc2)c2ccc(-c3ccc(N(c4ccccc4)c4ccc(-c5ccc(N(c6ccccc6)c6ccc(-c7ccc(N(c8cccc(C)c8)c8cccc(C)c8)cc7)cc6)cc5)cc4)cc3)cc2)c1. The van der Waals surface area contributed by atoms with E-state index in [-0.39, 0.29) is 0 Å². The van der Waals surface area contributed by atoms with Crippen LogP contribution in [0.2, 0.25) is 0 Å². The van der Waals surface area contributed by atoms with Crippen LogP contribution in [0.15, 0.2) is 309 Å². The van der Waals surface area contributed by atoms with Crippen LogP contribution in [0.1, 0.15) is 16.7 Å². The predicted octanol–water partition coefficient (Wildman–Crippen LogP) is 21.5. The summed E-state index contributed by atoms with van der Waals surface area (Å²) < 4.78 is 0. The van der Waals surface area contributed by atoms with Gasteiger partial charge in [0.15, 0.2) is 0 Å². The van der Waals surface area contributed by atoms with Crippen molar-refractivity contribution < 1.29 is 0 Å². The van der Waals surface area contributed by atoms with Gasteiger partial charge in [0.05, 0.1) is 0 Å². The van der Waals surface area contributed by atoms with Crippen LogP contribution in [0.4, 0.5) is 68.2 Å². The number of benzene rings is 12. The second kappa shape index (κ2) is 22.6. The highest BCUT2D eigenvalue weighted by atomic mass is 15.2. The summed E-state index contributed by atoms with van der Waals surface area (Å²) in [6.07, 6.45) is 0. The van der Waals surface area contributed by atoms with Gasteiger partial charge in [-0.3, -0.25) is 0 Å². The number of anilines is 12. The fourth-order valence-corrected chi connectivity index (χ4v) is 10.6. The zero-order valence-electron chi connectivity index (χ0n) is 44.7. The smallest absolute Gasteiger partial charge is 0.0464 e. The standard InChI is InChI=1S/C75H60N4/c1-55-16-13-25-73(52-55)78(66-23-11-6-12-24-66)71-48-36-62(37-49-71)60-32-44-69(45-33-60)76(64-19-7-4-8-20-64)67-40-28-58(29-41-67)59-30-42-68(43-31-59)77(65-21-9-5-10-22-65)70-46-34-61(35-47-70)63-38-50-72(51-39-63)79(74-26-14-17-56(2)53-74)75-27-15-18-57(3)54-75/h4-54H,1-3H3. The maximum atomic E-state index is 2.33. The fraction of sp³-hybridized carbons (Fsp3) is 0.0400. The lowest BCUT2D eigenvalue weighted by atomic mass is 10.0. The van der Waals surface area contributed by atoms with Gasteiger partial charge in [0.1, 0.15) is 0 Å². The van der Waals surface area contributed by atoms with Crippen LogP contribution in [0.25, 0.3) is 33.4 Å². The molecular formula is C75H60N4. The number of rotatable bonds is 15. The monoisotopic (exact) mass is 1020 g/mol. The van der Waals surface area contributed by atoms with Gasteiger partial charge in [-0.1, -0.05) is 164 Å². The molecule has 0 bridgehead atoms. The first-order valence-electron chi connectivity index (χ1n) is 27.1. The predicted molar refractivity (Wildman–Crippen MR) is 336 cm³/mol. The molecule has 12 rings (SSSR count). The van der Waals surface area contributed by atoms with Crippen LogP contribution >= 0.6 is 0 Å². The Morgan fingerprint density at radius 2 is 0.316 bits per heavy atom. The Bertz CT molecular complexity index is 3890. The normalized spacial score (nSPS) is 11.0. The summed E-state index contributed by atoms with van der Waals surface area (Å²) in [5, 5.41) is 0. The highest BCUT2D eigenvalue weighted by molar-refractivity contribution is 5.85. The van der Waals surface area contributed by atoms with E-state index in [1.165, 1.54) is 22.3 Å². The molecule has 4 heteroatoms. The maximum Gasteiger partial charge on any atom is 0.0464 e. The summed E-state index contributed by atoms with van der Waals surface area (Å²) in [5.74, 6) is 0. The molecule has 0 spiro atoms. The van der Waals surface area contributed by atoms with Crippen molar-refractivity contribution >= 4 is 68.2 Å². The van der Waals surface area contributed by atoms with Gasteiger partial charge in [0, 0.05) is 68.2 Å². The van der Waals surface area contributed by atoms with Gasteiger partial charge in [-0.05, 0) is 216 Å². The molecule has 0 saturated heterocycles. The first-order valence-corrected chi connectivity index (χ1v) is 27.1. The van der Waals surface area contributed by atoms with Crippen molar-refractivity contribution in [1.82, 2.24) is 0 Å². The van der Waals surface area contributed by atoms with Crippen LogP contribution in [0.3, 0.4) is 0 Å². The Kier molecular flexibility index (Phi) is 14.2. The molecule has 12 aromatic carbocycles. The third-order valence-electron chi connectivity index (χ3n) is 14.6. The van der Waals surface area contributed by atoms with E-state index in [9.17, 15) is 0 Å². The summed E-state index contributed by atoms with van der Waals surface area (Å²) in [5.41, 5.74) is 24.0. The second-order valence-electron chi connectivity index (χ2n) is 20.1. The van der Waals surface area contributed by atoms with Crippen molar-refractivity contribution in [2.75, 3.05) is 19.6 Å². The van der Waals surface area contributed by atoms with E-state index in [4.69, 9.17) is 0 Å². The van der Waals surface area contributed by atoms with Crippen molar-refractivity contribution in [2.24, 2.45) is 0 Å². The lowest BCUT2D eigenvalue weighted by Crippen LogP contribution is -2.10. The molecule has 12 aromatic rings. The van der Waals surface area contributed by atoms with E-state index < -0.39 is 0 Å². The van der Waals surface area contributed by atoms with Crippen molar-refractivity contribution in [2.45, 2.75) is 20.8 Å². The van der Waals surface area contributed by atoms with Crippen molar-refractivity contribution in [3.8, 4) is 33.4 Å². The van der Waals surface area contributed by atoms with Crippen LogP contribution < -0.4 is 19.6 Å². The summed E-state index contributed by atoms with van der Waals surface area (Å²) >= 11 is 0. The Morgan fingerprint density at radius 1 is 0.152 bits per heavy atom. The van der Waals surface area contributed by atoms with Gasteiger partial charge in [0.25, 0.3) is 0 Å². The van der Waals surface area contributed by atoms with Crippen LogP contribution in [-0.4, -0.2) is 0 Å². The van der Waals surface area contributed by atoms with Crippen molar-refractivity contribution in [1.29, 1.82) is 0 Å². The van der Waals surface area contributed by atoms with Crippen LogP contribution in [0.5, 0.6) is 0 Å². The largest absolute Gasteiger partial charge is 0.311 e. The molecule has 0 heterocycles. The Morgan fingerprint density at radius 3 is 0.519 bits per heavy atom. The third-order valence-corrected chi connectivity index (χ3v) is 14.6. The fourth-order valence-electron chi connectivity index (χ4n) is 10.6. The minimum absolute atomic E-state index is 1.09. The van der Waals surface area contributed by atoms with E-state index in [1.807, 2.05) is 0 Å². The summed E-state index contributed by atoms with van der Waals surface area (Å²) in [7, 11) is 0. The van der Waals surface area contributed by atoms with Gasteiger partial charge in [-0.15, -0.1) is 0 Å². The first-order chi connectivity index (χ1) is 38.9.